The summed E-state index contributed by atoms with van der Waals surface area (Å²) in [6.45, 7) is -1.04. The van der Waals surface area contributed by atoms with Crippen LogP contribution in [0, 0.1) is 0 Å². The van der Waals surface area contributed by atoms with E-state index in [2.05, 4.69) is 0 Å². The van der Waals surface area contributed by atoms with Gasteiger partial charge in [-0.05, 0) is 12.8 Å². The average Bonchev–Trinajstić information content (AvgIpc) is 3.10. The zero-order chi connectivity index (χ0) is 35.5. The molecule has 0 heterocycles. The molecule has 0 rings (SSSR count). The molecular formula is C46H126O18. The van der Waals surface area contributed by atoms with Crippen LogP contribution in [0.25, 0.3) is 0 Å². The average molecular weight is 967 g/mol. The molecule has 0 aliphatic carbocycles. The Kier molecular flexibility index (Phi) is 159. The van der Waals surface area contributed by atoms with Gasteiger partial charge in [-0.15, -0.1) is 0 Å². The second kappa shape index (κ2) is 88.9. The number of aliphatic hydroxyl groups is 8. The van der Waals surface area contributed by atoms with Crippen molar-refractivity contribution in [2.45, 2.75) is 168 Å². The molecule has 0 fully saturated rings. The molecule has 64 heavy (non-hydrogen) atoms. The van der Waals surface area contributed by atoms with Crippen LogP contribution < -0.4 is 0 Å². The van der Waals surface area contributed by atoms with Gasteiger partial charge >= 0.3 is 0 Å². The number of aliphatic hydroxyl groups excluding tert-OH is 8. The van der Waals surface area contributed by atoms with Crippen molar-refractivity contribution >= 4 is 0 Å². The van der Waals surface area contributed by atoms with E-state index >= 15 is 0 Å². The third-order valence-corrected chi connectivity index (χ3v) is 6.39. The first-order valence-electron chi connectivity index (χ1n) is 16.5. The molecule has 0 aromatic rings. The largest absolute Gasteiger partial charge is 0.394 e. The second-order valence-corrected chi connectivity index (χ2v) is 10.1. The highest BCUT2D eigenvalue weighted by Gasteiger charge is 2.34. The predicted molar refractivity (Wildman–Crippen MR) is 275 cm³/mol. The first kappa shape index (κ1) is 115. The van der Waals surface area contributed by atoms with Crippen molar-refractivity contribution in [3.8, 4) is 0 Å². The van der Waals surface area contributed by atoms with Crippen LogP contribution in [-0.2, 0) is 47.4 Å². The van der Waals surface area contributed by atoms with Crippen molar-refractivity contribution in [3.63, 3.8) is 0 Å². The van der Waals surface area contributed by atoms with Crippen molar-refractivity contribution in [2.24, 2.45) is 0 Å². The Morgan fingerprint density at radius 2 is 0.391 bits per heavy atom. The Morgan fingerprint density at radius 1 is 0.219 bits per heavy atom. The van der Waals surface area contributed by atoms with E-state index in [1.54, 1.807) is 0 Å². The summed E-state index contributed by atoms with van der Waals surface area (Å²) in [5.41, 5.74) is 0. The zero-order valence-electron chi connectivity index (χ0n) is 28.1. The van der Waals surface area contributed by atoms with E-state index in [-0.39, 0.29) is 251 Å². The van der Waals surface area contributed by atoms with E-state index in [0.717, 1.165) is 0 Å². The van der Waals surface area contributed by atoms with Crippen LogP contribution in [0.5, 0.6) is 0 Å². The van der Waals surface area contributed by atoms with Gasteiger partial charge in [-0.1, -0.05) is 119 Å². The van der Waals surface area contributed by atoms with Gasteiger partial charge < -0.3 is 88.2 Å². The maximum Gasteiger partial charge on any atom is 0.114 e. The smallest absolute Gasteiger partial charge is 0.114 e. The molecule has 0 aromatic heterocycles. The normalized spacial score (nSPS) is 11.8. The van der Waals surface area contributed by atoms with Crippen LogP contribution >= 0.6 is 0 Å². The lowest BCUT2D eigenvalue weighted by Gasteiger charge is -2.33. The third-order valence-electron chi connectivity index (χ3n) is 6.39. The van der Waals surface area contributed by atoms with E-state index in [1.165, 1.54) is 0 Å². The zero-order valence-corrected chi connectivity index (χ0v) is 28.1. The summed E-state index contributed by atoms with van der Waals surface area (Å²) < 4.78 is 57.2. The van der Waals surface area contributed by atoms with Gasteiger partial charge in [0.15, 0.2) is 0 Å². The molecule has 0 radical (unpaired) electrons. The van der Waals surface area contributed by atoms with Crippen LogP contribution in [0.2, 0.25) is 0 Å². The molecule has 418 valence electrons. The summed E-state index contributed by atoms with van der Waals surface area (Å²) in [4.78, 5) is 0. The molecule has 6 unspecified atom stereocenters. The number of hydrogen-bond donors (Lipinski definition) is 8. The summed E-state index contributed by atoms with van der Waals surface area (Å²) in [7, 11) is 0. The van der Waals surface area contributed by atoms with Crippen LogP contribution in [-0.4, -0.2) is 223 Å². The Balaban J connectivity index is -0.0000000920. The molecule has 6 atom stereocenters. The van der Waals surface area contributed by atoms with Crippen molar-refractivity contribution in [2.75, 3.05) is 145 Å². The predicted octanol–water partition coefficient (Wildman–Crippen LogP) is 6.26. The van der Waals surface area contributed by atoms with E-state index in [0.29, 0.717) is 26.1 Å². The van der Waals surface area contributed by atoms with Gasteiger partial charge in [0.2, 0.25) is 0 Å². The van der Waals surface area contributed by atoms with Gasteiger partial charge in [0.25, 0.3) is 0 Å². The molecule has 0 aliphatic rings. The summed E-state index contributed by atoms with van der Waals surface area (Å²) in [5, 5.41) is 74.1. The maximum absolute atomic E-state index is 9.35. The minimum absolute atomic E-state index is 0. The van der Waals surface area contributed by atoms with Crippen molar-refractivity contribution < 1.29 is 88.2 Å². The van der Waals surface area contributed by atoms with Crippen molar-refractivity contribution in [3.05, 3.63) is 0 Å². The molecule has 0 saturated carbocycles. The topological polar surface area (TPSA) is 254 Å². The number of hydrogen-bond acceptors (Lipinski definition) is 18. The quantitative estimate of drug-likeness (QED) is 0.0316. The SMILES string of the molecule is C.C.C.C.C.C.C.C.C.C.C.C.C.C.C.C.OCCOCC(OCCO)C(OCCO)C(COCCCCOCC(OCCO)C(OCCO)C(COCCO)OCCO)OCCO. The van der Waals surface area contributed by atoms with Crippen LogP contribution in [0.1, 0.15) is 132 Å². The summed E-state index contributed by atoms with van der Waals surface area (Å²) in [5.74, 6) is 0. The molecule has 0 aromatic carbocycles. The molecule has 0 amide bonds. The monoisotopic (exact) mass is 967 g/mol. The molecular weight excluding hydrogens is 840 g/mol. The molecule has 18 nitrogen and oxygen atoms in total. The first-order chi connectivity index (χ1) is 23.6. The van der Waals surface area contributed by atoms with E-state index in [9.17, 15) is 30.6 Å². The fourth-order valence-corrected chi connectivity index (χ4v) is 4.39. The molecule has 0 aliphatic heterocycles. The van der Waals surface area contributed by atoms with Gasteiger partial charge in [0.05, 0.1) is 132 Å². The lowest BCUT2D eigenvalue weighted by Crippen LogP contribution is -2.48. The standard InChI is InChI=1S/C30H62O18.16CH4/c31-3-13-41-23-27(45-17-7-35)29(47-19-9-37)25(43-15-5-33)21-39-11-1-2-12-40-22-26(44-16-6-34)30(48-20-10-38)28(46-18-8-36)24-42-14-4-32;;;;;;;;;;;;;;;;/h25-38H,1-24H2;16*1H4. The van der Waals surface area contributed by atoms with E-state index in [4.69, 9.17) is 57.6 Å². The molecule has 0 bridgehead atoms. The second-order valence-electron chi connectivity index (χ2n) is 10.1. The fourth-order valence-electron chi connectivity index (χ4n) is 4.39. The van der Waals surface area contributed by atoms with Gasteiger partial charge in [0.1, 0.15) is 36.6 Å². The number of rotatable bonds is 39. The Hall–Kier alpha value is -0.720. The van der Waals surface area contributed by atoms with Gasteiger partial charge in [-0.25, -0.2) is 0 Å². The van der Waals surface area contributed by atoms with Crippen LogP contribution in [0.15, 0.2) is 0 Å². The van der Waals surface area contributed by atoms with Gasteiger partial charge in [-0.2, -0.15) is 0 Å². The lowest BCUT2D eigenvalue weighted by molar-refractivity contribution is -0.177. The minimum atomic E-state index is -0.784. The molecule has 18 heteroatoms. The number of ether oxygens (including phenoxy) is 10. The highest BCUT2D eigenvalue weighted by molar-refractivity contribution is 4.82. The van der Waals surface area contributed by atoms with Crippen molar-refractivity contribution in [1.29, 1.82) is 0 Å². The Bertz CT molecular complexity index is 596. The first-order valence-corrected chi connectivity index (χ1v) is 16.5. The van der Waals surface area contributed by atoms with E-state index < -0.39 is 36.6 Å². The summed E-state index contributed by atoms with van der Waals surface area (Å²) in [6.07, 6.45) is -3.25. The molecule has 0 spiro atoms. The highest BCUT2D eigenvalue weighted by Crippen LogP contribution is 2.17. The molecule has 0 saturated heterocycles. The van der Waals surface area contributed by atoms with E-state index in [1.807, 2.05) is 0 Å². The lowest BCUT2D eigenvalue weighted by atomic mass is 10.1. The summed E-state index contributed by atoms with van der Waals surface area (Å²) in [6, 6.07) is 0. The van der Waals surface area contributed by atoms with Crippen molar-refractivity contribution in [1.82, 2.24) is 0 Å². The third kappa shape index (κ3) is 61.3. The maximum atomic E-state index is 9.35. The number of unbranched alkanes of at least 4 members (excludes halogenated alkanes) is 1. The Labute approximate surface area is 401 Å². The minimum Gasteiger partial charge on any atom is -0.394 e. The van der Waals surface area contributed by atoms with Gasteiger partial charge in [0, 0.05) is 13.2 Å². The van der Waals surface area contributed by atoms with Gasteiger partial charge in [-0.3, -0.25) is 0 Å². The van der Waals surface area contributed by atoms with Crippen LogP contribution in [0.3, 0.4) is 0 Å². The molecule has 8 N–H and O–H groups in total. The highest BCUT2D eigenvalue weighted by atomic mass is 16.6. The fraction of sp³-hybridized carbons (Fsp3) is 1.00. The Morgan fingerprint density at radius 3 is 0.578 bits per heavy atom. The summed E-state index contributed by atoms with van der Waals surface area (Å²) >= 11 is 0. The van der Waals surface area contributed by atoms with Crippen LogP contribution in [0.4, 0.5) is 0 Å².